The summed E-state index contributed by atoms with van der Waals surface area (Å²) in [6.07, 6.45) is 3.53. The summed E-state index contributed by atoms with van der Waals surface area (Å²) in [6, 6.07) is 1.66. The SMILES string of the molecule is CC(C)(C)CN(C(=O)O)c1cn(-c2cncc(Cl)c2)nc1Cl. The van der Waals surface area contributed by atoms with Gasteiger partial charge >= 0.3 is 6.09 Å². The molecule has 1 N–H and O–H groups in total. The van der Waals surface area contributed by atoms with Crippen LogP contribution in [0.1, 0.15) is 20.8 Å². The van der Waals surface area contributed by atoms with Gasteiger partial charge in [-0.25, -0.2) is 9.48 Å². The fraction of sp³-hybridized carbons (Fsp3) is 0.357. The van der Waals surface area contributed by atoms with Crippen molar-refractivity contribution in [3.05, 3.63) is 34.8 Å². The van der Waals surface area contributed by atoms with Gasteiger partial charge in [-0.15, -0.1) is 0 Å². The van der Waals surface area contributed by atoms with Crippen molar-refractivity contribution in [2.24, 2.45) is 5.41 Å². The second kappa shape index (κ2) is 6.14. The molecule has 0 radical (unpaired) electrons. The lowest BCUT2D eigenvalue weighted by Crippen LogP contribution is -2.36. The molecule has 0 unspecified atom stereocenters. The Balaban J connectivity index is 2.41. The maximum atomic E-state index is 11.5. The minimum absolute atomic E-state index is 0.103. The van der Waals surface area contributed by atoms with Gasteiger partial charge in [0.15, 0.2) is 5.15 Å². The molecule has 2 rings (SSSR count). The molecule has 2 heterocycles. The highest BCUT2D eigenvalue weighted by molar-refractivity contribution is 6.32. The third-order valence-corrected chi connectivity index (χ3v) is 3.24. The van der Waals surface area contributed by atoms with Gasteiger partial charge in [-0.05, 0) is 11.5 Å². The summed E-state index contributed by atoms with van der Waals surface area (Å²) in [5, 5.41) is 14.1. The molecule has 0 aromatic carbocycles. The van der Waals surface area contributed by atoms with Gasteiger partial charge in [0, 0.05) is 12.7 Å². The number of hydrogen-bond donors (Lipinski definition) is 1. The van der Waals surface area contributed by atoms with Crippen LogP contribution in [0.3, 0.4) is 0 Å². The minimum Gasteiger partial charge on any atom is -0.465 e. The molecule has 0 aliphatic heterocycles. The normalized spacial score (nSPS) is 11.5. The average Bonchev–Trinajstić information content (AvgIpc) is 2.77. The summed E-state index contributed by atoms with van der Waals surface area (Å²) < 4.78 is 1.45. The number of halogens is 2. The van der Waals surface area contributed by atoms with Crippen LogP contribution in [0.15, 0.2) is 24.7 Å². The number of hydrogen-bond acceptors (Lipinski definition) is 3. The number of aromatic nitrogens is 3. The van der Waals surface area contributed by atoms with Gasteiger partial charge in [0.1, 0.15) is 5.69 Å². The molecule has 1 amide bonds. The summed E-state index contributed by atoms with van der Waals surface area (Å²) in [5.74, 6) is 0. The van der Waals surface area contributed by atoms with Crippen molar-refractivity contribution in [3.8, 4) is 5.69 Å². The lowest BCUT2D eigenvalue weighted by Gasteiger charge is -2.26. The molecule has 0 fully saturated rings. The zero-order chi connectivity index (χ0) is 16.5. The van der Waals surface area contributed by atoms with E-state index in [2.05, 4.69) is 10.1 Å². The highest BCUT2D eigenvalue weighted by Crippen LogP contribution is 2.29. The largest absolute Gasteiger partial charge is 0.465 e. The van der Waals surface area contributed by atoms with Gasteiger partial charge in [-0.1, -0.05) is 44.0 Å². The summed E-state index contributed by atoms with van der Waals surface area (Å²) >= 11 is 12.0. The third kappa shape index (κ3) is 3.90. The number of carbonyl (C=O) groups is 1. The van der Waals surface area contributed by atoms with Crippen LogP contribution in [0.5, 0.6) is 0 Å². The lowest BCUT2D eigenvalue weighted by atomic mass is 9.96. The van der Waals surface area contributed by atoms with Crippen LogP contribution in [0, 0.1) is 5.41 Å². The maximum absolute atomic E-state index is 11.5. The Bertz CT molecular complexity index is 694. The summed E-state index contributed by atoms with van der Waals surface area (Å²) in [5.41, 5.74) is 0.701. The molecule has 0 bridgehead atoms. The molecule has 0 spiro atoms. The summed E-state index contributed by atoms with van der Waals surface area (Å²) in [7, 11) is 0. The molecule has 6 nitrogen and oxygen atoms in total. The number of pyridine rings is 1. The summed E-state index contributed by atoms with van der Waals surface area (Å²) in [4.78, 5) is 16.7. The van der Waals surface area contributed by atoms with Crippen LogP contribution >= 0.6 is 23.2 Å². The van der Waals surface area contributed by atoms with Gasteiger partial charge < -0.3 is 5.11 Å². The molecule has 0 saturated carbocycles. The topological polar surface area (TPSA) is 71.2 Å². The van der Waals surface area contributed by atoms with Crippen molar-refractivity contribution in [3.63, 3.8) is 0 Å². The first-order valence-electron chi connectivity index (χ1n) is 6.54. The van der Waals surface area contributed by atoms with Gasteiger partial charge in [0.25, 0.3) is 0 Å². The Morgan fingerprint density at radius 2 is 2.05 bits per heavy atom. The highest BCUT2D eigenvalue weighted by Gasteiger charge is 2.26. The number of anilines is 1. The van der Waals surface area contributed by atoms with E-state index in [0.717, 1.165) is 0 Å². The zero-order valence-electron chi connectivity index (χ0n) is 12.4. The molecule has 0 atom stereocenters. The van der Waals surface area contributed by atoms with Gasteiger partial charge in [0.2, 0.25) is 0 Å². The molecule has 2 aromatic heterocycles. The highest BCUT2D eigenvalue weighted by atomic mass is 35.5. The van der Waals surface area contributed by atoms with Crippen LogP contribution in [0.4, 0.5) is 10.5 Å². The van der Waals surface area contributed by atoms with Crippen molar-refractivity contribution >= 4 is 35.0 Å². The first-order chi connectivity index (χ1) is 10.2. The predicted molar refractivity (Wildman–Crippen MR) is 86.2 cm³/mol. The minimum atomic E-state index is -1.08. The van der Waals surface area contributed by atoms with Crippen molar-refractivity contribution in [2.75, 3.05) is 11.4 Å². The molecule has 0 aliphatic carbocycles. The molecule has 118 valence electrons. The van der Waals surface area contributed by atoms with E-state index in [4.69, 9.17) is 23.2 Å². The van der Waals surface area contributed by atoms with Crippen molar-refractivity contribution in [2.45, 2.75) is 20.8 Å². The second-order valence-electron chi connectivity index (χ2n) is 6.04. The first kappa shape index (κ1) is 16.6. The Hall–Kier alpha value is -1.79. The fourth-order valence-corrected chi connectivity index (χ4v) is 2.31. The third-order valence-electron chi connectivity index (χ3n) is 2.76. The van der Waals surface area contributed by atoms with Crippen LogP contribution in [-0.2, 0) is 0 Å². The Morgan fingerprint density at radius 1 is 1.36 bits per heavy atom. The first-order valence-corrected chi connectivity index (χ1v) is 7.29. The van der Waals surface area contributed by atoms with E-state index in [0.29, 0.717) is 22.9 Å². The van der Waals surface area contributed by atoms with Gasteiger partial charge in [-0.3, -0.25) is 9.88 Å². The summed E-state index contributed by atoms with van der Waals surface area (Å²) in [6.45, 7) is 6.13. The Morgan fingerprint density at radius 3 is 2.59 bits per heavy atom. The van der Waals surface area contributed by atoms with Crippen molar-refractivity contribution in [1.82, 2.24) is 14.8 Å². The van der Waals surface area contributed by atoms with Crippen LogP contribution in [0.2, 0.25) is 10.2 Å². The van der Waals surface area contributed by atoms with Crippen LogP contribution in [-0.4, -0.2) is 32.5 Å². The number of carboxylic acid groups (broad SMARTS) is 1. The Labute approximate surface area is 138 Å². The van der Waals surface area contributed by atoms with Crippen molar-refractivity contribution < 1.29 is 9.90 Å². The predicted octanol–water partition coefficient (Wildman–Crippen LogP) is 4.10. The standard InChI is InChI=1S/C14H16Cl2N4O2/c1-14(2,3)8-19(13(21)22)11-7-20(18-12(11)16)10-4-9(15)5-17-6-10/h4-7H,8H2,1-3H3,(H,21,22). The molecule has 0 saturated heterocycles. The lowest BCUT2D eigenvalue weighted by molar-refractivity contribution is 0.198. The van der Waals surface area contributed by atoms with E-state index in [1.165, 1.54) is 15.8 Å². The van der Waals surface area contributed by atoms with E-state index in [9.17, 15) is 9.90 Å². The average molecular weight is 343 g/mol. The smallest absolute Gasteiger partial charge is 0.411 e. The van der Waals surface area contributed by atoms with E-state index < -0.39 is 6.09 Å². The van der Waals surface area contributed by atoms with E-state index in [1.54, 1.807) is 18.5 Å². The number of nitrogens with zero attached hydrogens (tertiary/aromatic N) is 4. The maximum Gasteiger partial charge on any atom is 0.411 e. The molecule has 0 aliphatic rings. The van der Waals surface area contributed by atoms with Crippen LogP contribution < -0.4 is 4.90 Å². The molecular formula is C14H16Cl2N4O2. The van der Waals surface area contributed by atoms with Crippen LogP contribution in [0.25, 0.3) is 5.69 Å². The van der Waals surface area contributed by atoms with E-state index in [1.807, 2.05) is 20.8 Å². The Kier molecular flexibility index (Phi) is 4.63. The van der Waals surface area contributed by atoms with Gasteiger partial charge in [0.05, 0.1) is 23.1 Å². The zero-order valence-corrected chi connectivity index (χ0v) is 13.9. The number of rotatable bonds is 3. The molecule has 8 heteroatoms. The second-order valence-corrected chi connectivity index (χ2v) is 6.83. The van der Waals surface area contributed by atoms with Gasteiger partial charge in [-0.2, -0.15) is 5.10 Å². The fourth-order valence-electron chi connectivity index (χ4n) is 1.91. The molecule has 2 aromatic rings. The van der Waals surface area contributed by atoms with Crippen molar-refractivity contribution in [1.29, 1.82) is 0 Å². The molecule has 22 heavy (non-hydrogen) atoms. The van der Waals surface area contributed by atoms with E-state index in [-0.39, 0.29) is 10.6 Å². The van der Waals surface area contributed by atoms with E-state index >= 15 is 0 Å². The number of amides is 1. The molecular weight excluding hydrogens is 327 g/mol. The monoisotopic (exact) mass is 342 g/mol. The quantitative estimate of drug-likeness (QED) is 0.911.